The molecule has 1 amide bonds. The van der Waals surface area contributed by atoms with Crippen LogP contribution in [0.5, 0.6) is 0 Å². The minimum atomic E-state index is -0.588. The molecule has 0 saturated heterocycles. The summed E-state index contributed by atoms with van der Waals surface area (Å²) in [5.41, 5.74) is 0.315. The molecule has 4 heteroatoms. The standard InChI is InChI=1S/C14H20N2O2/c1-4-14(2,3)12(17)13(18)16-10-8-11-7-5-6-9-15-11/h5-7,9H,4,8,10H2,1-3H3,(H,16,18). The molecule has 1 rings (SSSR count). The Morgan fingerprint density at radius 2 is 2.06 bits per heavy atom. The van der Waals surface area contributed by atoms with Crippen LogP contribution in [-0.4, -0.2) is 23.2 Å². The van der Waals surface area contributed by atoms with E-state index < -0.39 is 11.3 Å². The molecule has 0 saturated carbocycles. The minimum absolute atomic E-state index is 0.356. The summed E-state index contributed by atoms with van der Waals surface area (Å²) in [6, 6.07) is 5.63. The number of aromatic nitrogens is 1. The highest BCUT2D eigenvalue weighted by molar-refractivity contribution is 6.37. The number of ketones is 1. The smallest absolute Gasteiger partial charge is 0.287 e. The van der Waals surface area contributed by atoms with Crippen molar-refractivity contribution in [1.29, 1.82) is 0 Å². The molecule has 0 atom stereocenters. The summed E-state index contributed by atoms with van der Waals surface area (Å²) >= 11 is 0. The molecule has 0 aromatic carbocycles. The van der Waals surface area contributed by atoms with Gasteiger partial charge in [0.1, 0.15) is 0 Å². The first-order valence-electron chi connectivity index (χ1n) is 6.20. The maximum Gasteiger partial charge on any atom is 0.287 e. The van der Waals surface area contributed by atoms with Gasteiger partial charge in [0, 0.05) is 30.3 Å². The number of nitrogens with zero attached hydrogens (tertiary/aromatic N) is 1. The third kappa shape index (κ3) is 3.95. The van der Waals surface area contributed by atoms with E-state index in [1.807, 2.05) is 25.1 Å². The molecule has 0 bridgehead atoms. The van der Waals surface area contributed by atoms with Crippen molar-refractivity contribution in [3.05, 3.63) is 30.1 Å². The van der Waals surface area contributed by atoms with Crippen LogP contribution in [0, 0.1) is 5.41 Å². The van der Waals surface area contributed by atoms with Crippen LogP contribution in [0.25, 0.3) is 0 Å². The third-order valence-electron chi connectivity index (χ3n) is 3.10. The van der Waals surface area contributed by atoms with E-state index in [9.17, 15) is 9.59 Å². The molecule has 0 radical (unpaired) electrons. The Kier molecular flexibility index (Phi) is 5.01. The van der Waals surface area contributed by atoms with E-state index in [0.717, 1.165) is 5.69 Å². The second-order valence-corrected chi connectivity index (χ2v) is 4.89. The molecule has 0 unspecified atom stereocenters. The average molecular weight is 248 g/mol. The second kappa shape index (κ2) is 6.28. The maximum atomic E-state index is 11.8. The molecule has 1 heterocycles. The number of amides is 1. The summed E-state index contributed by atoms with van der Waals surface area (Å²) in [5.74, 6) is -0.858. The zero-order chi connectivity index (χ0) is 13.6. The molecule has 0 fully saturated rings. The van der Waals surface area contributed by atoms with E-state index in [2.05, 4.69) is 10.3 Å². The molecular formula is C14H20N2O2. The predicted molar refractivity (Wildman–Crippen MR) is 70.0 cm³/mol. The van der Waals surface area contributed by atoms with Gasteiger partial charge >= 0.3 is 0 Å². The fraction of sp³-hybridized carbons (Fsp3) is 0.500. The molecule has 0 aliphatic carbocycles. The lowest BCUT2D eigenvalue weighted by atomic mass is 9.85. The van der Waals surface area contributed by atoms with Crippen molar-refractivity contribution in [2.75, 3.05) is 6.54 Å². The van der Waals surface area contributed by atoms with Gasteiger partial charge in [0.25, 0.3) is 5.91 Å². The lowest BCUT2D eigenvalue weighted by molar-refractivity contribution is -0.143. The highest BCUT2D eigenvalue weighted by atomic mass is 16.2. The van der Waals surface area contributed by atoms with Crippen LogP contribution in [0.2, 0.25) is 0 Å². The van der Waals surface area contributed by atoms with Crippen molar-refractivity contribution in [2.45, 2.75) is 33.6 Å². The Morgan fingerprint density at radius 3 is 2.61 bits per heavy atom. The molecule has 0 spiro atoms. The summed E-state index contributed by atoms with van der Waals surface area (Å²) in [6.45, 7) is 5.90. The molecular weight excluding hydrogens is 228 g/mol. The van der Waals surface area contributed by atoms with E-state index >= 15 is 0 Å². The fourth-order valence-electron chi connectivity index (χ4n) is 1.40. The summed E-state index contributed by atoms with van der Waals surface area (Å²) in [5, 5.41) is 2.64. The van der Waals surface area contributed by atoms with E-state index in [1.54, 1.807) is 20.0 Å². The van der Waals surface area contributed by atoms with Crippen LogP contribution < -0.4 is 5.32 Å². The molecule has 0 aliphatic heterocycles. The van der Waals surface area contributed by atoms with Gasteiger partial charge in [0.05, 0.1) is 0 Å². The van der Waals surface area contributed by atoms with Crippen molar-refractivity contribution < 1.29 is 9.59 Å². The topological polar surface area (TPSA) is 59.1 Å². The van der Waals surface area contributed by atoms with Crippen molar-refractivity contribution >= 4 is 11.7 Å². The van der Waals surface area contributed by atoms with Gasteiger partial charge < -0.3 is 5.32 Å². The summed E-state index contributed by atoms with van der Waals surface area (Å²) in [4.78, 5) is 27.6. The lowest BCUT2D eigenvalue weighted by Gasteiger charge is -2.19. The first kappa shape index (κ1) is 14.4. The van der Waals surface area contributed by atoms with Crippen LogP contribution in [0.1, 0.15) is 32.9 Å². The molecule has 98 valence electrons. The number of Topliss-reactive ketones (excluding diaryl/α,β-unsaturated/α-hetero) is 1. The Balaban J connectivity index is 2.41. The number of hydrogen-bond acceptors (Lipinski definition) is 3. The molecule has 1 N–H and O–H groups in total. The highest BCUT2D eigenvalue weighted by Crippen LogP contribution is 2.20. The SMILES string of the molecule is CCC(C)(C)C(=O)C(=O)NCCc1ccccn1. The first-order chi connectivity index (χ1) is 8.47. The molecule has 1 aromatic rings. The molecule has 18 heavy (non-hydrogen) atoms. The molecule has 4 nitrogen and oxygen atoms in total. The van der Waals surface area contributed by atoms with Crippen molar-refractivity contribution in [1.82, 2.24) is 10.3 Å². The summed E-state index contributed by atoms with van der Waals surface area (Å²) < 4.78 is 0. The van der Waals surface area contributed by atoms with Gasteiger partial charge in [0.15, 0.2) is 0 Å². The van der Waals surface area contributed by atoms with Gasteiger partial charge in [-0.25, -0.2) is 0 Å². The van der Waals surface area contributed by atoms with E-state index in [1.165, 1.54) is 0 Å². The lowest BCUT2D eigenvalue weighted by Crippen LogP contribution is -2.40. The maximum absolute atomic E-state index is 11.8. The second-order valence-electron chi connectivity index (χ2n) is 4.89. The quantitative estimate of drug-likeness (QED) is 0.780. The van der Waals surface area contributed by atoms with Crippen LogP contribution in [0.3, 0.4) is 0 Å². The van der Waals surface area contributed by atoms with E-state index in [4.69, 9.17) is 0 Å². The Bertz CT molecular complexity index is 413. The normalized spacial score (nSPS) is 11.1. The van der Waals surface area contributed by atoms with Crippen molar-refractivity contribution in [3.8, 4) is 0 Å². The predicted octanol–water partition coefficient (Wildman–Crippen LogP) is 1.75. The Labute approximate surface area is 108 Å². The van der Waals surface area contributed by atoms with Crippen molar-refractivity contribution in [2.24, 2.45) is 5.41 Å². The van der Waals surface area contributed by atoms with E-state index in [-0.39, 0.29) is 5.78 Å². The van der Waals surface area contributed by atoms with Crippen LogP contribution >= 0.6 is 0 Å². The fourth-order valence-corrected chi connectivity index (χ4v) is 1.40. The number of nitrogens with one attached hydrogen (secondary N) is 1. The van der Waals surface area contributed by atoms with Crippen LogP contribution in [0.15, 0.2) is 24.4 Å². The van der Waals surface area contributed by atoms with Gasteiger partial charge in [0.2, 0.25) is 5.78 Å². The number of carbonyl (C=O) groups is 2. The number of rotatable bonds is 6. The third-order valence-corrected chi connectivity index (χ3v) is 3.10. The van der Waals surface area contributed by atoms with Gasteiger partial charge in [-0.3, -0.25) is 14.6 Å². The summed E-state index contributed by atoms with van der Waals surface area (Å²) in [7, 11) is 0. The van der Waals surface area contributed by atoms with Gasteiger partial charge in [-0.2, -0.15) is 0 Å². The largest absolute Gasteiger partial charge is 0.349 e. The first-order valence-corrected chi connectivity index (χ1v) is 6.20. The summed E-state index contributed by atoms with van der Waals surface area (Å²) in [6.07, 6.45) is 2.99. The zero-order valence-electron chi connectivity index (χ0n) is 11.2. The number of hydrogen-bond donors (Lipinski definition) is 1. The van der Waals surface area contributed by atoms with Crippen LogP contribution in [-0.2, 0) is 16.0 Å². The number of pyridine rings is 1. The van der Waals surface area contributed by atoms with Crippen molar-refractivity contribution in [3.63, 3.8) is 0 Å². The van der Waals surface area contributed by atoms with Crippen LogP contribution in [0.4, 0.5) is 0 Å². The molecule has 0 aliphatic rings. The number of carbonyl (C=O) groups excluding carboxylic acids is 2. The minimum Gasteiger partial charge on any atom is -0.349 e. The van der Waals surface area contributed by atoms with E-state index in [0.29, 0.717) is 19.4 Å². The van der Waals surface area contributed by atoms with Gasteiger partial charge in [-0.05, 0) is 18.6 Å². The Hall–Kier alpha value is -1.71. The molecule has 1 aromatic heterocycles. The average Bonchev–Trinajstić information content (AvgIpc) is 2.39. The van der Waals surface area contributed by atoms with Gasteiger partial charge in [-0.15, -0.1) is 0 Å². The zero-order valence-corrected chi connectivity index (χ0v) is 11.2. The van der Waals surface area contributed by atoms with Gasteiger partial charge in [-0.1, -0.05) is 26.8 Å². The monoisotopic (exact) mass is 248 g/mol. The Morgan fingerprint density at radius 1 is 1.33 bits per heavy atom. The highest BCUT2D eigenvalue weighted by Gasteiger charge is 2.30.